The van der Waals surface area contributed by atoms with E-state index in [-0.39, 0.29) is 30.3 Å². The molecule has 3 aromatic rings. The third kappa shape index (κ3) is 6.61. The Hall–Kier alpha value is -3.79. The van der Waals surface area contributed by atoms with Gasteiger partial charge in [0.05, 0.1) is 13.0 Å². The van der Waals surface area contributed by atoms with E-state index in [0.29, 0.717) is 23.7 Å². The molecule has 4 rings (SSSR count). The van der Waals surface area contributed by atoms with Crippen molar-refractivity contribution >= 4 is 34.7 Å². The largest absolute Gasteiger partial charge is 0.481 e. The first kappa shape index (κ1) is 24.8. The first-order chi connectivity index (χ1) is 16.4. The van der Waals surface area contributed by atoms with Gasteiger partial charge in [0.25, 0.3) is 5.56 Å². The van der Waals surface area contributed by atoms with Gasteiger partial charge >= 0.3 is 5.97 Å². The molecule has 1 fully saturated rings. The number of carbonyl (C=O) groups is 2. The van der Waals surface area contributed by atoms with Gasteiger partial charge in [0.1, 0.15) is 11.3 Å². The number of ether oxygens (including phenoxy) is 1. The maximum absolute atomic E-state index is 11.9. The minimum atomic E-state index is -0.968. The van der Waals surface area contributed by atoms with Gasteiger partial charge in [-0.1, -0.05) is 37.3 Å². The van der Waals surface area contributed by atoms with Crippen molar-refractivity contribution in [2.24, 2.45) is 0 Å². The van der Waals surface area contributed by atoms with Crippen LogP contribution in [0.15, 0.2) is 47.3 Å². The number of pyridine rings is 1. The molecule has 1 aromatic carbocycles. The highest BCUT2D eigenvalue weighted by atomic mass is 16.5. The normalized spacial score (nSPS) is 14.8. The maximum Gasteiger partial charge on any atom is 0.305 e. The Bertz CT molecular complexity index is 1180. The van der Waals surface area contributed by atoms with Gasteiger partial charge in [-0.3, -0.25) is 19.3 Å². The second kappa shape index (κ2) is 11.9. The highest BCUT2D eigenvalue weighted by Crippen LogP contribution is 2.24. The van der Waals surface area contributed by atoms with Crippen LogP contribution in [0, 0.1) is 0 Å². The van der Waals surface area contributed by atoms with Gasteiger partial charge in [-0.2, -0.15) is 0 Å². The summed E-state index contributed by atoms with van der Waals surface area (Å²) in [6.45, 7) is 3.68. The van der Waals surface area contributed by atoms with E-state index in [9.17, 15) is 14.4 Å². The van der Waals surface area contributed by atoms with Gasteiger partial charge in [-0.15, -0.1) is 0 Å². The van der Waals surface area contributed by atoms with Crippen LogP contribution in [-0.4, -0.2) is 58.7 Å². The van der Waals surface area contributed by atoms with Crippen LogP contribution in [0.2, 0.25) is 0 Å². The summed E-state index contributed by atoms with van der Waals surface area (Å²) in [5.41, 5.74) is 1.61. The quantitative estimate of drug-likeness (QED) is 0.482. The number of nitrogens with zero attached hydrogens (tertiary/aromatic N) is 3. The Balaban J connectivity index is 0.000000243. The summed E-state index contributed by atoms with van der Waals surface area (Å²) < 4.78 is 5.31. The molecule has 1 aliphatic heterocycles. The number of aromatic amines is 1. The average Bonchev–Trinajstić information content (AvgIpc) is 3.39. The van der Waals surface area contributed by atoms with E-state index in [1.807, 2.05) is 0 Å². The number of carbonyl (C=O) groups excluding carboxylic acids is 1. The Labute approximate surface area is 197 Å². The number of carboxylic acid groups (broad SMARTS) is 1. The molecule has 2 aromatic heterocycles. The van der Waals surface area contributed by atoms with Crippen LogP contribution in [-0.2, 0) is 14.3 Å². The number of hydrogen-bond acceptors (Lipinski definition) is 7. The van der Waals surface area contributed by atoms with E-state index in [1.165, 1.54) is 16.9 Å². The van der Waals surface area contributed by atoms with Crippen molar-refractivity contribution in [1.29, 1.82) is 0 Å². The molecule has 3 N–H and O–H groups in total. The molecular weight excluding hydrogens is 438 g/mol. The van der Waals surface area contributed by atoms with Gasteiger partial charge in [0.15, 0.2) is 11.5 Å². The van der Waals surface area contributed by atoms with Crippen molar-refractivity contribution in [3.8, 4) is 0 Å². The highest BCUT2D eigenvalue weighted by molar-refractivity contribution is 5.92. The lowest BCUT2D eigenvalue weighted by Crippen LogP contribution is -2.26. The molecule has 1 unspecified atom stereocenters. The number of fused-ring (bicyclic) bond motifs is 1. The third-order valence-corrected chi connectivity index (χ3v) is 5.39. The summed E-state index contributed by atoms with van der Waals surface area (Å²) in [4.78, 5) is 46.4. The number of aliphatic carboxylic acids is 1. The molecule has 10 heteroatoms. The number of nitrogens with one attached hydrogen (secondary N) is 2. The Morgan fingerprint density at radius 1 is 1.21 bits per heavy atom. The van der Waals surface area contributed by atoms with E-state index in [2.05, 4.69) is 50.6 Å². The number of anilines is 2. The van der Waals surface area contributed by atoms with Crippen molar-refractivity contribution in [3.63, 3.8) is 0 Å². The van der Waals surface area contributed by atoms with Crippen LogP contribution in [0.1, 0.15) is 37.7 Å². The number of hydrogen-bond donors (Lipinski definition) is 3. The Morgan fingerprint density at radius 2 is 1.97 bits per heavy atom. The van der Waals surface area contributed by atoms with Crippen LogP contribution in [0.25, 0.3) is 11.2 Å². The summed E-state index contributed by atoms with van der Waals surface area (Å²) in [7, 11) is 1.60. The van der Waals surface area contributed by atoms with Crippen LogP contribution < -0.4 is 15.8 Å². The SMILES string of the molecule is CCC(=O)N(C)c1ccc2nc(NCCC(=O)O)c(=O)[nH]c2n1.c1ccc(C2CCOC2)cc1. The fourth-order valence-electron chi connectivity index (χ4n) is 3.44. The zero-order valence-electron chi connectivity index (χ0n) is 19.3. The summed E-state index contributed by atoms with van der Waals surface area (Å²) in [5.74, 6) is 0.0274. The lowest BCUT2D eigenvalue weighted by Gasteiger charge is -2.15. The molecule has 180 valence electrons. The average molecular weight is 468 g/mol. The first-order valence-corrected chi connectivity index (χ1v) is 11.1. The maximum atomic E-state index is 11.9. The summed E-state index contributed by atoms with van der Waals surface area (Å²) in [5, 5.41) is 11.3. The minimum absolute atomic E-state index is 0.0336. The van der Waals surface area contributed by atoms with Crippen molar-refractivity contribution < 1.29 is 19.4 Å². The second-order valence-corrected chi connectivity index (χ2v) is 7.80. The van der Waals surface area contributed by atoms with E-state index < -0.39 is 11.5 Å². The van der Waals surface area contributed by atoms with Crippen molar-refractivity contribution in [3.05, 3.63) is 58.4 Å². The molecule has 3 heterocycles. The standard InChI is InChI=1S/C14H17N5O4.C10H12O/c1-3-10(20)19(2)9-5-4-8-12(17-9)18-14(23)13(16-8)15-7-6-11(21)22;1-2-4-9(5-3-1)10-6-7-11-8-10/h4-5H,3,6-7H2,1-2H3,(H,15,16)(H,21,22)(H,17,18,23);1-5,10H,6-8H2. The lowest BCUT2D eigenvalue weighted by atomic mass is 9.99. The first-order valence-electron chi connectivity index (χ1n) is 11.1. The third-order valence-electron chi connectivity index (χ3n) is 5.39. The molecule has 1 saturated heterocycles. The predicted molar refractivity (Wildman–Crippen MR) is 129 cm³/mol. The number of benzene rings is 1. The molecule has 34 heavy (non-hydrogen) atoms. The van der Waals surface area contributed by atoms with Crippen LogP contribution in [0.5, 0.6) is 0 Å². The predicted octanol–water partition coefficient (Wildman–Crippen LogP) is 2.77. The smallest absolute Gasteiger partial charge is 0.305 e. The number of aromatic nitrogens is 3. The number of rotatable bonds is 7. The molecule has 0 radical (unpaired) electrons. The summed E-state index contributed by atoms with van der Waals surface area (Å²) in [6.07, 6.45) is 1.40. The highest BCUT2D eigenvalue weighted by Gasteiger charge is 2.16. The van der Waals surface area contributed by atoms with Gasteiger partial charge in [0.2, 0.25) is 5.91 Å². The van der Waals surface area contributed by atoms with Gasteiger partial charge in [-0.05, 0) is 24.1 Å². The van der Waals surface area contributed by atoms with Crippen molar-refractivity contribution in [1.82, 2.24) is 15.0 Å². The van der Waals surface area contributed by atoms with Gasteiger partial charge in [0, 0.05) is 32.5 Å². The van der Waals surface area contributed by atoms with Crippen LogP contribution in [0.4, 0.5) is 11.6 Å². The zero-order valence-corrected chi connectivity index (χ0v) is 19.3. The number of H-pyrrole nitrogens is 1. The van der Waals surface area contributed by atoms with Gasteiger partial charge in [-0.25, -0.2) is 9.97 Å². The van der Waals surface area contributed by atoms with E-state index in [0.717, 1.165) is 13.2 Å². The Morgan fingerprint density at radius 3 is 2.62 bits per heavy atom. The monoisotopic (exact) mass is 467 g/mol. The number of amides is 1. The topological polar surface area (TPSA) is 138 Å². The molecule has 1 amide bonds. The van der Waals surface area contributed by atoms with Crippen LogP contribution in [0.3, 0.4) is 0 Å². The number of carboxylic acids is 1. The van der Waals surface area contributed by atoms with E-state index in [1.54, 1.807) is 26.1 Å². The molecule has 10 nitrogen and oxygen atoms in total. The zero-order chi connectivity index (χ0) is 24.5. The fraction of sp³-hybridized carbons (Fsp3) is 0.375. The Kier molecular flexibility index (Phi) is 8.69. The second-order valence-electron chi connectivity index (χ2n) is 7.80. The van der Waals surface area contributed by atoms with Crippen molar-refractivity contribution in [2.75, 3.05) is 37.0 Å². The van der Waals surface area contributed by atoms with Crippen LogP contribution >= 0.6 is 0 Å². The summed E-state index contributed by atoms with van der Waals surface area (Å²) >= 11 is 0. The van der Waals surface area contributed by atoms with Crippen molar-refractivity contribution in [2.45, 2.75) is 32.1 Å². The fourth-order valence-corrected chi connectivity index (χ4v) is 3.44. The molecular formula is C24H29N5O5. The van der Waals surface area contributed by atoms with E-state index in [4.69, 9.17) is 9.84 Å². The molecule has 1 aliphatic rings. The van der Waals surface area contributed by atoms with Gasteiger partial charge < -0.3 is 20.1 Å². The molecule has 0 saturated carbocycles. The van der Waals surface area contributed by atoms with E-state index >= 15 is 0 Å². The summed E-state index contributed by atoms with van der Waals surface area (Å²) in [6, 6.07) is 13.9. The lowest BCUT2D eigenvalue weighted by molar-refractivity contribution is -0.136. The minimum Gasteiger partial charge on any atom is -0.481 e. The molecule has 1 atom stereocenters. The molecule has 0 spiro atoms. The molecule has 0 bridgehead atoms. The molecule has 0 aliphatic carbocycles.